The lowest BCUT2D eigenvalue weighted by Crippen LogP contribution is -2.25. The van der Waals surface area contributed by atoms with Gasteiger partial charge in [-0.25, -0.2) is 8.42 Å². The highest BCUT2D eigenvalue weighted by atomic mass is 127. The molecule has 0 atom stereocenters. The first-order valence-electron chi connectivity index (χ1n) is 6.25. The smallest absolute Gasteiger partial charge is 0.404 e. The van der Waals surface area contributed by atoms with E-state index in [0.717, 1.165) is 6.07 Å². The number of alkyl halides is 3. The molecule has 1 aromatic carbocycles. The number of rotatable bonds is 6. The van der Waals surface area contributed by atoms with E-state index in [1.165, 1.54) is 25.1 Å². The van der Waals surface area contributed by atoms with Crippen LogP contribution in [0.5, 0.6) is 5.75 Å². The number of sulfone groups is 1. The molecular formula is C12H17F3IN3O3S. The van der Waals surface area contributed by atoms with Crippen LogP contribution in [-0.2, 0) is 9.84 Å². The van der Waals surface area contributed by atoms with Crippen molar-refractivity contribution in [1.82, 2.24) is 0 Å². The molecule has 0 radical (unpaired) electrons. The Morgan fingerprint density at radius 1 is 1.35 bits per heavy atom. The first-order valence-corrected chi connectivity index (χ1v) is 8.07. The van der Waals surface area contributed by atoms with Crippen molar-refractivity contribution < 1.29 is 26.3 Å². The molecule has 0 aliphatic carbocycles. The van der Waals surface area contributed by atoms with Gasteiger partial charge in [-0.2, -0.15) is 0 Å². The van der Waals surface area contributed by atoms with Gasteiger partial charge in [-0.3, -0.25) is 4.99 Å². The normalized spacial score (nSPS) is 12.4. The van der Waals surface area contributed by atoms with Crippen LogP contribution in [0.1, 0.15) is 6.92 Å². The maximum absolute atomic E-state index is 12.3. The van der Waals surface area contributed by atoms with Crippen molar-refractivity contribution >= 4 is 45.5 Å². The molecule has 0 bridgehead atoms. The van der Waals surface area contributed by atoms with Crippen LogP contribution < -0.4 is 15.8 Å². The second kappa shape index (κ2) is 9.15. The van der Waals surface area contributed by atoms with Gasteiger partial charge in [0.1, 0.15) is 0 Å². The Labute approximate surface area is 149 Å². The minimum atomic E-state index is -4.83. The molecule has 0 aliphatic heterocycles. The van der Waals surface area contributed by atoms with Crippen molar-refractivity contribution in [2.45, 2.75) is 13.3 Å². The molecule has 0 saturated carbocycles. The van der Waals surface area contributed by atoms with E-state index in [0.29, 0.717) is 0 Å². The van der Waals surface area contributed by atoms with Crippen molar-refractivity contribution in [3.63, 3.8) is 0 Å². The van der Waals surface area contributed by atoms with Crippen LogP contribution in [0.15, 0.2) is 29.3 Å². The number of aliphatic imine (C=N–C) groups is 1. The Kier molecular flexibility index (Phi) is 8.66. The Bertz CT molecular complexity index is 636. The Morgan fingerprint density at radius 3 is 2.52 bits per heavy atom. The van der Waals surface area contributed by atoms with E-state index in [9.17, 15) is 21.6 Å². The van der Waals surface area contributed by atoms with Crippen molar-refractivity contribution in [2.24, 2.45) is 10.7 Å². The lowest BCUT2D eigenvalue weighted by atomic mass is 10.3. The number of benzene rings is 1. The number of hydrogen-bond donors (Lipinski definition) is 2. The van der Waals surface area contributed by atoms with E-state index in [-0.39, 0.29) is 53.7 Å². The van der Waals surface area contributed by atoms with Gasteiger partial charge < -0.3 is 15.8 Å². The van der Waals surface area contributed by atoms with Gasteiger partial charge in [0.2, 0.25) is 0 Å². The van der Waals surface area contributed by atoms with Crippen LogP contribution in [0.2, 0.25) is 0 Å². The lowest BCUT2D eigenvalue weighted by Gasteiger charge is -2.14. The third-order valence-electron chi connectivity index (χ3n) is 2.50. The van der Waals surface area contributed by atoms with Gasteiger partial charge in [-0.1, -0.05) is 19.1 Å². The van der Waals surface area contributed by atoms with E-state index >= 15 is 0 Å². The van der Waals surface area contributed by atoms with E-state index < -0.39 is 21.9 Å². The first-order chi connectivity index (χ1) is 10.1. The third-order valence-corrected chi connectivity index (χ3v) is 4.18. The fourth-order valence-electron chi connectivity index (χ4n) is 1.41. The van der Waals surface area contributed by atoms with E-state index in [1.807, 2.05) is 0 Å². The highest BCUT2D eigenvalue weighted by molar-refractivity contribution is 14.0. The minimum absolute atomic E-state index is 0. The molecule has 1 aromatic rings. The third kappa shape index (κ3) is 8.83. The van der Waals surface area contributed by atoms with Crippen LogP contribution in [-0.4, -0.2) is 38.8 Å². The number of nitrogens with zero attached hydrogens (tertiary/aromatic N) is 1. The predicted octanol–water partition coefficient (Wildman–Crippen LogP) is 2.36. The number of guanidine groups is 1. The summed E-state index contributed by atoms with van der Waals surface area (Å²) in [5, 5.41) is 2.45. The molecule has 0 aliphatic rings. The number of nitrogens with one attached hydrogen (secondary N) is 1. The van der Waals surface area contributed by atoms with Gasteiger partial charge >= 0.3 is 6.36 Å². The molecule has 0 amide bonds. The maximum Gasteiger partial charge on any atom is 0.573 e. The monoisotopic (exact) mass is 467 g/mol. The highest BCUT2D eigenvalue weighted by Crippen LogP contribution is 2.29. The summed E-state index contributed by atoms with van der Waals surface area (Å²) in [5.41, 5.74) is 5.49. The molecule has 132 valence electrons. The zero-order chi connectivity index (χ0) is 16.8. The molecule has 3 N–H and O–H groups in total. The summed E-state index contributed by atoms with van der Waals surface area (Å²) in [7, 11) is -3.18. The summed E-state index contributed by atoms with van der Waals surface area (Å²) < 4.78 is 63.2. The average molecular weight is 467 g/mol. The van der Waals surface area contributed by atoms with Gasteiger partial charge in [-0.05, 0) is 12.1 Å². The molecule has 23 heavy (non-hydrogen) atoms. The van der Waals surface area contributed by atoms with Crippen molar-refractivity contribution in [1.29, 1.82) is 0 Å². The summed E-state index contributed by atoms with van der Waals surface area (Å²) >= 11 is 0. The number of halogens is 4. The molecule has 0 unspecified atom stereocenters. The molecule has 0 saturated heterocycles. The Hall–Kier alpha value is -1.24. The number of anilines is 1. The number of para-hydroxylation sites is 2. The predicted molar refractivity (Wildman–Crippen MR) is 93.0 cm³/mol. The fraction of sp³-hybridized carbons (Fsp3) is 0.417. The zero-order valence-corrected chi connectivity index (χ0v) is 15.3. The van der Waals surface area contributed by atoms with Crippen LogP contribution >= 0.6 is 24.0 Å². The summed E-state index contributed by atoms with van der Waals surface area (Å²) in [5.74, 6) is -0.871. The molecule has 0 spiro atoms. The number of hydrogen-bond acceptors (Lipinski definition) is 4. The summed E-state index contributed by atoms with van der Waals surface area (Å²) in [6, 6.07) is 5.30. The standard InChI is InChI=1S/C12H16F3N3O3S.HI/c1-2-22(19,20)8-7-17-11(16)18-9-5-3-4-6-10(9)21-12(13,14)15;/h3-6H,2,7-8H2,1H3,(H3,16,17,18);1H. The van der Waals surface area contributed by atoms with Crippen LogP contribution in [0.3, 0.4) is 0 Å². The first kappa shape index (κ1) is 21.8. The SMILES string of the molecule is CCS(=O)(=O)CCN=C(N)Nc1ccccc1OC(F)(F)F.I. The van der Waals surface area contributed by atoms with Crippen LogP contribution in [0.25, 0.3) is 0 Å². The highest BCUT2D eigenvalue weighted by Gasteiger charge is 2.32. The average Bonchev–Trinajstić information content (AvgIpc) is 2.39. The van der Waals surface area contributed by atoms with Crippen LogP contribution in [0, 0.1) is 0 Å². The fourth-order valence-corrected chi connectivity index (χ4v) is 2.07. The van der Waals surface area contributed by atoms with Gasteiger partial charge in [0.25, 0.3) is 0 Å². The molecule has 11 heteroatoms. The van der Waals surface area contributed by atoms with Gasteiger partial charge in [0.05, 0.1) is 18.0 Å². The van der Waals surface area contributed by atoms with E-state index in [1.54, 1.807) is 0 Å². The van der Waals surface area contributed by atoms with Crippen molar-refractivity contribution in [2.75, 3.05) is 23.4 Å². The van der Waals surface area contributed by atoms with Crippen molar-refractivity contribution in [3.05, 3.63) is 24.3 Å². The lowest BCUT2D eigenvalue weighted by molar-refractivity contribution is -0.274. The molecule has 1 rings (SSSR count). The molecule has 0 fully saturated rings. The Morgan fingerprint density at radius 2 is 1.96 bits per heavy atom. The van der Waals surface area contributed by atoms with E-state index in [2.05, 4.69) is 15.0 Å². The summed E-state index contributed by atoms with van der Waals surface area (Å²) in [6.07, 6.45) is -4.83. The summed E-state index contributed by atoms with van der Waals surface area (Å²) in [6.45, 7) is 1.42. The second-order valence-electron chi connectivity index (χ2n) is 4.17. The van der Waals surface area contributed by atoms with Gasteiger partial charge in [0.15, 0.2) is 21.5 Å². The largest absolute Gasteiger partial charge is 0.573 e. The molecule has 6 nitrogen and oxygen atoms in total. The van der Waals surface area contributed by atoms with Crippen molar-refractivity contribution in [3.8, 4) is 5.75 Å². The minimum Gasteiger partial charge on any atom is -0.404 e. The van der Waals surface area contributed by atoms with Gasteiger partial charge in [-0.15, -0.1) is 37.1 Å². The summed E-state index contributed by atoms with van der Waals surface area (Å²) in [4.78, 5) is 3.76. The van der Waals surface area contributed by atoms with Crippen LogP contribution in [0.4, 0.5) is 18.9 Å². The zero-order valence-electron chi connectivity index (χ0n) is 12.1. The Balaban J connectivity index is 0.00000484. The number of ether oxygens (including phenoxy) is 1. The van der Waals surface area contributed by atoms with E-state index in [4.69, 9.17) is 5.73 Å². The molecule has 0 aromatic heterocycles. The maximum atomic E-state index is 12.3. The number of nitrogens with two attached hydrogens (primary N) is 1. The second-order valence-corrected chi connectivity index (χ2v) is 6.65. The quantitative estimate of drug-likeness (QED) is 0.381. The van der Waals surface area contributed by atoms with Gasteiger partial charge in [0, 0.05) is 5.75 Å². The topological polar surface area (TPSA) is 93.8 Å². The molecule has 0 heterocycles. The molecular weight excluding hydrogens is 450 g/mol.